The molecule has 2 unspecified atom stereocenters. The second-order valence-corrected chi connectivity index (χ2v) is 4.60. The number of nitrogens with zero attached hydrogens (tertiary/aromatic N) is 1. The summed E-state index contributed by atoms with van der Waals surface area (Å²) in [4.78, 5) is 13.1. The lowest BCUT2D eigenvalue weighted by Gasteiger charge is -2.16. The first kappa shape index (κ1) is 12.5. The molecule has 0 aromatic carbocycles. The fraction of sp³-hybridized carbons (Fsp3) is 0.909. The van der Waals surface area contributed by atoms with E-state index in [1.807, 2.05) is 20.8 Å². The van der Waals surface area contributed by atoms with Gasteiger partial charge in [-0.2, -0.15) is 0 Å². The summed E-state index contributed by atoms with van der Waals surface area (Å²) in [5.41, 5.74) is 0. The minimum absolute atomic E-state index is 0.205. The first-order valence-corrected chi connectivity index (χ1v) is 5.57. The summed E-state index contributed by atoms with van der Waals surface area (Å²) in [6.07, 6.45) is 0.250. The normalized spacial score (nSPS) is 27.5. The van der Waals surface area contributed by atoms with Crippen LogP contribution in [0.3, 0.4) is 0 Å². The molecular formula is C11H21NO3. The van der Waals surface area contributed by atoms with E-state index < -0.39 is 5.97 Å². The van der Waals surface area contributed by atoms with Gasteiger partial charge in [-0.15, -0.1) is 0 Å². The van der Waals surface area contributed by atoms with Crippen LogP contribution in [0.1, 0.15) is 20.8 Å². The Labute approximate surface area is 91.2 Å². The maximum absolute atomic E-state index is 10.9. The average molecular weight is 215 g/mol. The summed E-state index contributed by atoms with van der Waals surface area (Å²) in [7, 11) is 0. The highest BCUT2D eigenvalue weighted by Gasteiger charge is 2.34. The van der Waals surface area contributed by atoms with E-state index >= 15 is 0 Å². The van der Waals surface area contributed by atoms with Gasteiger partial charge >= 0.3 is 5.97 Å². The molecule has 0 radical (unpaired) electrons. The van der Waals surface area contributed by atoms with Gasteiger partial charge in [0.25, 0.3) is 0 Å². The van der Waals surface area contributed by atoms with Crippen LogP contribution in [0.2, 0.25) is 0 Å². The van der Waals surface area contributed by atoms with Crippen LogP contribution in [-0.2, 0) is 9.53 Å². The van der Waals surface area contributed by atoms with Gasteiger partial charge < -0.3 is 9.84 Å². The van der Waals surface area contributed by atoms with Gasteiger partial charge in [-0.25, -0.2) is 0 Å². The number of carboxylic acids is 1. The van der Waals surface area contributed by atoms with Crippen LogP contribution >= 0.6 is 0 Å². The van der Waals surface area contributed by atoms with Crippen LogP contribution in [-0.4, -0.2) is 48.3 Å². The summed E-state index contributed by atoms with van der Waals surface area (Å²) in [6, 6.07) is 0. The van der Waals surface area contributed by atoms with Crippen LogP contribution in [0, 0.1) is 11.8 Å². The molecule has 1 saturated heterocycles. The highest BCUT2D eigenvalue weighted by molar-refractivity contribution is 5.71. The molecule has 1 N–H and O–H groups in total. The van der Waals surface area contributed by atoms with Gasteiger partial charge in [0.2, 0.25) is 0 Å². The molecule has 4 heteroatoms. The van der Waals surface area contributed by atoms with Crippen molar-refractivity contribution >= 4 is 5.97 Å². The zero-order valence-electron chi connectivity index (χ0n) is 9.77. The van der Waals surface area contributed by atoms with Gasteiger partial charge in [-0.3, -0.25) is 9.69 Å². The summed E-state index contributed by atoms with van der Waals surface area (Å²) >= 11 is 0. The summed E-state index contributed by atoms with van der Waals surface area (Å²) in [5.74, 6) is -0.625. The predicted molar refractivity (Wildman–Crippen MR) is 57.8 cm³/mol. The minimum atomic E-state index is -0.672. The Morgan fingerprint density at radius 2 is 2.20 bits per heavy atom. The van der Waals surface area contributed by atoms with Crippen molar-refractivity contribution < 1.29 is 14.6 Å². The smallest absolute Gasteiger partial charge is 0.308 e. The molecule has 0 spiro atoms. The number of carboxylic acid groups (broad SMARTS) is 1. The van der Waals surface area contributed by atoms with E-state index in [2.05, 4.69) is 4.90 Å². The van der Waals surface area contributed by atoms with Crippen LogP contribution in [0.5, 0.6) is 0 Å². The maximum atomic E-state index is 10.9. The second-order valence-electron chi connectivity index (χ2n) is 4.60. The number of carbonyl (C=O) groups is 1. The first-order valence-electron chi connectivity index (χ1n) is 5.57. The molecule has 0 bridgehead atoms. The fourth-order valence-electron chi connectivity index (χ4n) is 1.99. The molecule has 0 aromatic rings. The maximum Gasteiger partial charge on any atom is 0.308 e. The van der Waals surface area contributed by atoms with Gasteiger partial charge in [0.05, 0.1) is 18.6 Å². The Balaban J connectivity index is 2.26. The van der Waals surface area contributed by atoms with E-state index in [1.165, 1.54) is 0 Å². The molecule has 4 nitrogen and oxygen atoms in total. The Morgan fingerprint density at radius 3 is 2.67 bits per heavy atom. The van der Waals surface area contributed by atoms with Crippen molar-refractivity contribution in [2.75, 3.05) is 26.2 Å². The molecule has 1 aliphatic rings. The SMILES string of the molecule is CC(C)OCCN1CC(C)C(C(=O)O)C1. The number of likely N-dealkylation sites (tertiary alicyclic amines) is 1. The van der Waals surface area contributed by atoms with Crippen LogP contribution < -0.4 is 0 Å². The third kappa shape index (κ3) is 3.80. The van der Waals surface area contributed by atoms with Crippen molar-refractivity contribution in [3.8, 4) is 0 Å². The lowest BCUT2D eigenvalue weighted by Crippen LogP contribution is -2.27. The Hall–Kier alpha value is -0.610. The Bertz CT molecular complexity index is 218. The van der Waals surface area contributed by atoms with Gasteiger partial charge in [-0.1, -0.05) is 6.92 Å². The molecule has 1 rings (SSSR count). The lowest BCUT2D eigenvalue weighted by atomic mass is 9.99. The summed E-state index contributed by atoms with van der Waals surface area (Å²) in [5, 5.41) is 8.96. The van der Waals surface area contributed by atoms with Crippen molar-refractivity contribution in [2.45, 2.75) is 26.9 Å². The third-order valence-corrected chi connectivity index (χ3v) is 2.86. The monoisotopic (exact) mass is 215 g/mol. The Kier molecular flexibility index (Phi) is 4.54. The molecule has 2 atom stereocenters. The van der Waals surface area contributed by atoms with Crippen LogP contribution in [0.15, 0.2) is 0 Å². The number of rotatable bonds is 5. The molecule has 0 aliphatic carbocycles. The van der Waals surface area contributed by atoms with Crippen molar-refractivity contribution in [3.63, 3.8) is 0 Å². The van der Waals surface area contributed by atoms with Gasteiger partial charge in [0.1, 0.15) is 0 Å². The standard InChI is InChI=1S/C11H21NO3/c1-8(2)15-5-4-12-6-9(3)10(7-12)11(13)14/h8-10H,4-7H2,1-3H3,(H,13,14). The van der Waals surface area contributed by atoms with E-state index in [9.17, 15) is 4.79 Å². The molecule has 1 aliphatic heterocycles. The largest absolute Gasteiger partial charge is 0.481 e. The molecule has 0 amide bonds. The van der Waals surface area contributed by atoms with E-state index in [4.69, 9.17) is 9.84 Å². The molecule has 1 fully saturated rings. The predicted octanol–water partition coefficient (Wildman–Crippen LogP) is 1.06. The van der Waals surface area contributed by atoms with Gasteiger partial charge in [0.15, 0.2) is 0 Å². The van der Waals surface area contributed by atoms with Gasteiger partial charge in [-0.05, 0) is 19.8 Å². The zero-order chi connectivity index (χ0) is 11.4. The van der Waals surface area contributed by atoms with Crippen molar-refractivity contribution in [2.24, 2.45) is 11.8 Å². The quantitative estimate of drug-likeness (QED) is 0.745. The highest BCUT2D eigenvalue weighted by atomic mass is 16.5. The Morgan fingerprint density at radius 1 is 1.53 bits per heavy atom. The summed E-state index contributed by atoms with van der Waals surface area (Å²) < 4.78 is 5.45. The average Bonchev–Trinajstić information content (AvgIpc) is 2.46. The summed E-state index contributed by atoms with van der Waals surface area (Å²) in [6.45, 7) is 9.08. The molecule has 88 valence electrons. The number of ether oxygens (including phenoxy) is 1. The van der Waals surface area contributed by atoms with Crippen LogP contribution in [0.25, 0.3) is 0 Å². The number of aliphatic carboxylic acids is 1. The van der Waals surface area contributed by atoms with Crippen LogP contribution in [0.4, 0.5) is 0 Å². The molecule has 1 heterocycles. The molecule has 0 aromatic heterocycles. The number of hydrogen-bond acceptors (Lipinski definition) is 3. The minimum Gasteiger partial charge on any atom is -0.481 e. The van der Waals surface area contributed by atoms with E-state index in [0.717, 1.165) is 13.1 Å². The first-order chi connectivity index (χ1) is 7.00. The molecular weight excluding hydrogens is 194 g/mol. The third-order valence-electron chi connectivity index (χ3n) is 2.86. The molecule has 15 heavy (non-hydrogen) atoms. The molecule has 0 saturated carbocycles. The lowest BCUT2D eigenvalue weighted by molar-refractivity contribution is -0.142. The zero-order valence-corrected chi connectivity index (χ0v) is 9.77. The van der Waals surface area contributed by atoms with E-state index in [0.29, 0.717) is 13.2 Å². The van der Waals surface area contributed by atoms with Crippen molar-refractivity contribution in [1.82, 2.24) is 4.90 Å². The van der Waals surface area contributed by atoms with Crippen molar-refractivity contribution in [1.29, 1.82) is 0 Å². The topological polar surface area (TPSA) is 49.8 Å². The van der Waals surface area contributed by atoms with Crippen molar-refractivity contribution in [3.05, 3.63) is 0 Å². The van der Waals surface area contributed by atoms with Gasteiger partial charge in [0, 0.05) is 19.6 Å². The van der Waals surface area contributed by atoms with E-state index in [-0.39, 0.29) is 17.9 Å². The highest BCUT2D eigenvalue weighted by Crippen LogP contribution is 2.22. The number of hydrogen-bond donors (Lipinski definition) is 1. The fourth-order valence-corrected chi connectivity index (χ4v) is 1.99. The van der Waals surface area contributed by atoms with E-state index in [1.54, 1.807) is 0 Å². The second kappa shape index (κ2) is 5.47.